The number of para-hydroxylation sites is 1. The van der Waals surface area contributed by atoms with E-state index >= 15 is 0 Å². The van der Waals surface area contributed by atoms with Crippen LogP contribution in [0.4, 0.5) is 4.39 Å². The van der Waals surface area contributed by atoms with E-state index in [4.69, 9.17) is 10.5 Å². The minimum Gasteiger partial charge on any atom is -0.495 e. The summed E-state index contributed by atoms with van der Waals surface area (Å²) in [5.41, 5.74) is 6.15. The van der Waals surface area contributed by atoms with Crippen molar-refractivity contribution >= 4 is 9.84 Å². The highest BCUT2D eigenvalue weighted by Crippen LogP contribution is 2.27. The second-order valence-corrected chi connectivity index (χ2v) is 6.50. The first-order valence-corrected chi connectivity index (χ1v) is 7.96. The van der Waals surface area contributed by atoms with E-state index in [9.17, 15) is 12.8 Å². The highest BCUT2D eigenvalue weighted by molar-refractivity contribution is 7.90. The second kappa shape index (κ2) is 6.24. The number of sulfone groups is 1. The van der Waals surface area contributed by atoms with Crippen LogP contribution in [-0.4, -0.2) is 15.5 Å². The highest BCUT2D eigenvalue weighted by Gasteiger charge is 2.21. The first-order valence-electron chi connectivity index (χ1n) is 6.31. The maximum absolute atomic E-state index is 13.9. The molecule has 2 aromatic carbocycles. The molecule has 0 atom stereocenters. The van der Waals surface area contributed by atoms with Gasteiger partial charge in [-0.3, -0.25) is 0 Å². The van der Waals surface area contributed by atoms with Crippen LogP contribution in [0.15, 0.2) is 47.4 Å². The zero-order valence-corrected chi connectivity index (χ0v) is 12.4. The smallest absolute Gasteiger partial charge is 0.186 e. The number of nitrogens with two attached hydrogens (primary N) is 1. The van der Waals surface area contributed by atoms with Crippen molar-refractivity contribution in [3.05, 3.63) is 59.4 Å². The van der Waals surface area contributed by atoms with E-state index in [1.807, 2.05) is 0 Å². The van der Waals surface area contributed by atoms with E-state index in [0.29, 0.717) is 5.56 Å². The molecule has 0 saturated carbocycles. The van der Waals surface area contributed by atoms with Gasteiger partial charge in [-0.05, 0) is 23.8 Å². The normalized spacial score (nSPS) is 11.4. The summed E-state index contributed by atoms with van der Waals surface area (Å²) in [6, 6.07) is 10.6. The average Bonchev–Trinajstić information content (AvgIpc) is 2.49. The summed E-state index contributed by atoms with van der Waals surface area (Å²) in [7, 11) is -2.30. The summed E-state index contributed by atoms with van der Waals surface area (Å²) >= 11 is 0. The molecule has 2 aromatic rings. The van der Waals surface area contributed by atoms with Gasteiger partial charge in [0.2, 0.25) is 0 Å². The summed E-state index contributed by atoms with van der Waals surface area (Å²) in [5, 5.41) is 0. The first-order chi connectivity index (χ1) is 9.97. The third kappa shape index (κ3) is 3.40. The topological polar surface area (TPSA) is 69.4 Å². The SMILES string of the molecule is COc1ccccc1S(=O)(=O)Cc1ccc(CN)cc1F. The molecule has 2 rings (SSSR count). The average molecular weight is 309 g/mol. The summed E-state index contributed by atoms with van der Waals surface area (Å²) in [6.45, 7) is 0.205. The van der Waals surface area contributed by atoms with Crippen molar-refractivity contribution in [2.45, 2.75) is 17.2 Å². The van der Waals surface area contributed by atoms with Crippen molar-refractivity contribution in [1.29, 1.82) is 0 Å². The molecule has 0 radical (unpaired) electrons. The van der Waals surface area contributed by atoms with Crippen LogP contribution in [0.25, 0.3) is 0 Å². The molecule has 0 saturated heterocycles. The monoisotopic (exact) mass is 309 g/mol. The van der Waals surface area contributed by atoms with Gasteiger partial charge in [0.1, 0.15) is 16.5 Å². The molecule has 6 heteroatoms. The highest BCUT2D eigenvalue weighted by atomic mass is 32.2. The lowest BCUT2D eigenvalue weighted by atomic mass is 10.1. The first kappa shape index (κ1) is 15.5. The minimum absolute atomic E-state index is 0.0507. The molecule has 2 N–H and O–H groups in total. The Labute approximate surface area is 123 Å². The number of benzene rings is 2. The Morgan fingerprint density at radius 2 is 1.90 bits per heavy atom. The van der Waals surface area contributed by atoms with E-state index in [-0.39, 0.29) is 22.8 Å². The molecule has 0 unspecified atom stereocenters. The fourth-order valence-corrected chi connectivity index (χ4v) is 3.54. The van der Waals surface area contributed by atoms with Crippen LogP contribution in [0.2, 0.25) is 0 Å². The number of halogens is 1. The van der Waals surface area contributed by atoms with Crippen molar-refractivity contribution in [3.8, 4) is 5.75 Å². The van der Waals surface area contributed by atoms with Gasteiger partial charge in [0.15, 0.2) is 9.84 Å². The molecule has 0 aromatic heterocycles. The Morgan fingerprint density at radius 3 is 2.52 bits per heavy atom. The van der Waals surface area contributed by atoms with E-state index in [1.165, 1.54) is 25.3 Å². The van der Waals surface area contributed by atoms with E-state index in [1.54, 1.807) is 24.3 Å². The minimum atomic E-state index is -3.69. The molecule has 112 valence electrons. The van der Waals surface area contributed by atoms with Crippen molar-refractivity contribution < 1.29 is 17.5 Å². The van der Waals surface area contributed by atoms with E-state index in [0.717, 1.165) is 0 Å². The maximum atomic E-state index is 13.9. The zero-order valence-electron chi connectivity index (χ0n) is 11.5. The fraction of sp³-hybridized carbons (Fsp3) is 0.200. The van der Waals surface area contributed by atoms with Gasteiger partial charge in [-0.2, -0.15) is 0 Å². The van der Waals surface area contributed by atoms with E-state index < -0.39 is 21.4 Å². The van der Waals surface area contributed by atoms with Crippen LogP contribution in [0.3, 0.4) is 0 Å². The summed E-state index contributed by atoms with van der Waals surface area (Å²) < 4.78 is 43.8. The number of rotatable bonds is 5. The number of hydrogen-bond donors (Lipinski definition) is 1. The number of ether oxygens (including phenoxy) is 1. The van der Waals surface area contributed by atoms with Crippen molar-refractivity contribution in [3.63, 3.8) is 0 Å². The summed E-state index contributed by atoms with van der Waals surface area (Å²) in [6.07, 6.45) is 0. The van der Waals surface area contributed by atoms with Crippen LogP contribution in [0, 0.1) is 5.82 Å². The molecule has 0 bridgehead atoms. The van der Waals surface area contributed by atoms with Crippen molar-refractivity contribution in [2.24, 2.45) is 5.73 Å². The Kier molecular flexibility index (Phi) is 4.59. The molecule has 0 amide bonds. The van der Waals surface area contributed by atoms with Gasteiger partial charge in [-0.25, -0.2) is 12.8 Å². The Balaban J connectivity index is 2.38. The molecular weight excluding hydrogens is 293 g/mol. The van der Waals surface area contributed by atoms with Crippen molar-refractivity contribution in [1.82, 2.24) is 0 Å². The Hall–Kier alpha value is -1.92. The predicted molar refractivity (Wildman–Crippen MR) is 78.2 cm³/mol. The molecule has 0 aliphatic carbocycles. The summed E-state index contributed by atoms with van der Waals surface area (Å²) in [5.74, 6) is -0.753. The standard InChI is InChI=1S/C15H16FNO3S/c1-20-14-4-2-3-5-15(14)21(18,19)10-12-7-6-11(9-17)8-13(12)16/h2-8H,9-10,17H2,1H3. The van der Waals surface area contributed by atoms with Gasteiger partial charge in [0.25, 0.3) is 0 Å². The second-order valence-electron chi connectivity index (χ2n) is 4.54. The molecule has 4 nitrogen and oxygen atoms in total. The van der Waals surface area contributed by atoms with Gasteiger partial charge in [-0.15, -0.1) is 0 Å². The third-order valence-corrected chi connectivity index (χ3v) is 4.80. The quantitative estimate of drug-likeness (QED) is 0.920. The molecule has 0 fully saturated rings. The lowest BCUT2D eigenvalue weighted by molar-refractivity contribution is 0.402. The van der Waals surface area contributed by atoms with Crippen LogP contribution in [0.1, 0.15) is 11.1 Å². The lowest BCUT2D eigenvalue weighted by Crippen LogP contribution is -2.08. The van der Waals surface area contributed by atoms with Gasteiger partial charge >= 0.3 is 0 Å². The van der Waals surface area contributed by atoms with Crippen LogP contribution < -0.4 is 10.5 Å². The molecule has 0 aliphatic rings. The molecule has 0 spiro atoms. The predicted octanol–water partition coefficient (Wildman–Crippen LogP) is 2.27. The van der Waals surface area contributed by atoms with Gasteiger partial charge in [0.05, 0.1) is 12.9 Å². The van der Waals surface area contributed by atoms with Crippen LogP contribution in [-0.2, 0) is 22.1 Å². The summed E-state index contributed by atoms with van der Waals surface area (Å²) in [4.78, 5) is 0.0507. The Bertz CT molecular complexity index is 744. The fourth-order valence-electron chi connectivity index (χ4n) is 1.99. The molecule has 0 aliphatic heterocycles. The van der Waals surface area contributed by atoms with Gasteiger partial charge in [0, 0.05) is 12.1 Å². The largest absolute Gasteiger partial charge is 0.495 e. The molecular formula is C15H16FNO3S. The van der Waals surface area contributed by atoms with Crippen LogP contribution in [0.5, 0.6) is 5.75 Å². The van der Waals surface area contributed by atoms with Crippen LogP contribution >= 0.6 is 0 Å². The maximum Gasteiger partial charge on any atom is 0.186 e. The van der Waals surface area contributed by atoms with Gasteiger partial charge < -0.3 is 10.5 Å². The zero-order chi connectivity index (χ0) is 15.5. The molecule has 21 heavy (non-hydrogen) atoms. The lowest BCUT2D eigenvalue weighted by Gasteiger charge is -2.10. The van der Waals surface area contributed by atoms with Gasteiger partial charge in [-0.1, -0.05) is 24.3 Å². The van der Waals surface area contributed by atoms with Crippen molar-refractivity contribution in [2.75, 3.05) is 7.11 Å². The number of hydrogen-bond acceptors (Lipinski definition) is 4. The van der Waals surface area contributed by atoms with E-state index in [2.05, 4.69) is 0 Å². The molecule has 0 heterocycles. The number of methoxy groups -OCH3 is 1. The Morgan fingerprint density at radius 1 is 1.19 bits per heavy atom. The third-order valence-electron chi connectivity index (χ3n) is 3.10.